The summed E-state index contributed by atoms with van der Waals surface area (Å²) in [7, 11) is 0. The van der Waals surface area contributed by atoms with E-state index < -0.39 is 5.54 Å². The molecule has 4 heteroatoms. The van der Waals surface area contributed by atoms with Crippen LogP contribution in [0.15, 0.2) is 16.8 Å². The van der Waals surface area contributed by atoms with Crippen molar-refractivity contribution in [3.8, 4) is 0 Å². The Labute approximate surface area is 100 Å². The summed E-state index contributed by atoms with van der Waals surface area (Å²) in [6, 6.07) is 2.09. The summed E-state index contributed by atoms with van der Waals surface area (Å²) >= 11 is 1.69. The molecule has 1 aromatic rings. The van der Waals surface area contributed by atoms with Crippen molar-refractivity contribution in [3.63, 3.8) is 0 Å². The number of carbonyl (C=O) groups excluding carboxylic acids is 1. The van der Waals surface area contributed by atoms with E-state index in [9.17, 15) is 4.79 Å². The molecule has 1 fully saturated rings. The van der Waals surface area contributed by atoms with E-state index in [1.54, 1.807) is 11.3 Å². The predicted molar refractivity (Wildman–Crippen MR) is 66.4 cm³/mol. The lowest BCUT2D eigenvalue weighted by molar-refractivity contribution is -0.126. The summed E-state index contributed by atoms with van der Waals surface area (Å²) in [6.07, 6.45) is 4.71. The van der Waals surface area contributed by atoms with Gasteiger partial charge in [-0.1, -0.05) is 12.8 Å². The highest BCUT2D eigenvalue weighted by molar-refractivity contribution is 7.07. The van der Waals surface area contributed by atoms with Crippen molar-refractivity contribution < 1.29 is 4.79 Å². The summed E-state index contributed by atoms with van der Waals surface area (Å²) in [4.78, 5) is 11.9. The number of nitrogens with two attached hydrogens (primary N) is 1. The fourth-order valence-corrected chi connectivity index (χ4v) is 2.87. The van der Waals surface area contributed by atoms with Crippen molar-refractivity contribution in [2.75, 3.05) is 6.54 Å². The van der Waals surface area contributed by atoms with Crippen LogP contribution in [0, 0.1) is 0 Å². The molecule has 0 unspecified atom stereocenters. The first-order valence-electron chi connectivity index (χ1n) is 5.79. The molecule has 0 atom stereocenters. The van der Waals surface area contributed by atoms with Crippen molar-refractivity contribution in [2.45, 2.75) is 37.6 Å². The van der Waals surface area contributed by atoms with E-state index in [0.717, 1.165) is 32.1 Å². The molecule has 1 aliphatic carbocycles. The minimum atomic E-state index is -0.589. The normalized spacial score (nSPS) is 18.6. The van der Waals surface area contributed by atoms with Crippen LogP contribution in [0.1, 0.15) is 31.2 Å². The van der Waals surface area contributed by atoms with Crippen LogP contribution in [0.5, 0.6) is 0 Å². The van der Waals surface area contributed by atoms with Gasteiger partial charge in [0, 0.05) is 6.54 Å². The van der Waals surface area contributed by atoms with E-state index >= 15 is 0 Å². The first kappa shape index (κ1) is 11.6. The number of rotatable bonds is 4. The SMILES string of the molecule is NC1(C(=O)NCCc2ccsc2)CCCC1. The smallest absolute Gasteiger partial charge is 0.240 e. The van der Waals surface area contributed by atoms with Crippen LogP contribution in [0.4, 0.5) is 0 Å². The molecular formula is C12H18N2OS. The van der Waals surface area contributed by atoms with E-state index in [4.69, 9.17) is 5.73 Å². The van der Waals surface area contributed by atoms with Gasteiger partial charge in [0.15, 0.2) is 0 Å². The molecule has 1 aliphatic rings. The van der Waals surface area contributed by atoms with Crippen molar-refractivity contribution in [3.05, 3.63) is 22.4 Å². The maximum absolute atomic E-state index is 11.9. The highest BCUT2D eigenvalue weighted by Crippen LogP contribution is 2.27. The van der Waals surface area contributed by atoms with Crippen LogP contribution in [-0.4, -0.2) is 18.0 Å². The van der Waals surface area contributed by atoms with Crippen molar-refractivity contribution in [1.29, 1.82) is 0 Å². The zero-order valence-electron chi connectivity index (χ0n) is 9.37. The Balaban J connectivity index is 1.75. The molecule has 3 nitrogen and oxygen atoms in total. The van der Waals surface area contributed by atoms with Gasteiger partial charge in [-0.3, -0.25) is 4.79 Å². The lowest BCUT2D eigenvalue weighted by Crippen LogP contribution is -2.52. The molecule has 2 rings (SSSR count). The second-order valence-corrected chi connectivity index (χ2v) is 5.28. The summed E-state index contributed by atoms with van der Waals surface area (Å²) in [6.45, 7) is 0.689. The number of nitrogens with one attached hydrogen (secondary N) is 1. The average Bonchev–Trinajstić information content (AvgIpc) is 2.90. The number of amides is 1. The van der Waals surface area contributed by atoms with Crippen LogP contribution < -0.4 is 11.1 Å². The maximum atomic E-state index is 11.9. The van der Waals surface area contributed by atoms with E-state index in [1.165, 1.54) is 5.56 Å². The van der Waals surface area contributed by atoms with Crippen LogP contribution in [0.2, 0.25) is 0 Å². The number of hydrogen-bond donors (Lipinski definition) is 2. The third-order valence-corrected chi connectivity index (χ3v) is 3.96. The zero-order chi connectivity index (χ0) is 11.4. The Kier molecular flexibility index (Phi) is 3.61. The predicted octanol–water partition coefficient (Wildman–Crippen LogP) is 1.68. The number of hydrogen-bond acceptors (Lipinski definition) is 3. The number of thiophene rings is 1. The minimum Gasteiger partial charge on any atom is -0.354 e. The largest absolute Gasteiger partial charge is 0.354 e. The van der Waals surface area contributed by atoms with Crippen LogP contribution in [0.25, 0.3) is 0 Å². The highest BCUT2D eigenvalue weighted by atomic mass is 32.1. The number of carbonyl (C=O) groups is 1. The van der Waals surface area contributed by atoms with Gasteiger partial charge in [-0.2, -0.15) is 11.3 Å². The summed E-state index contributed by atoms with van der Waals surface area (Å²) in [5.41, 5.74) is 6.74. The third kappa shape index (κ3) is 2.62. The van der Waals surface area contributed by atoms with E-state index in [1.807, 2.05) is 0 Å². The van der Waals surface area contributed by atoms with Crippen molar-refractivity contribution in [2.24, 2.45) is 5.73 Å². The van der Waals surface area contributed by atoms with E-state index in [-0.39, 0.29) is 5.91 Å². The van der Waals surface area contributed by atoms with Gasteiger partial charge in [-0.25, -0.2) is 0 Å². The van der Waals surface area contributed by atoms with E-state index in [2.05, 4.69) is 22.1 Å². The van der Waals surface area contributed by atoms with Gasteiger partial charge >= 0.3 is 0 Å². The molecule has 0 saturated heterocycles. The second kappa shape index (κ2) is 4.97. The first-order chi connectivity index (χ1) is 7.71. The first-order valence-corrected chi connectivity index (χ1v) is 6.73. The molecular weight excluding hydrogens is 220 g/mol. The molecule has 3 N–H and O–H groups in total. The van der Waals surface area contributed by atoms with E-state index in [0.29, 0.717) is 6.54 Å². The zero-order valence-corrected chi connectivity index (χ0v) is 10.2. The fraction of sp³-hybridized carbons (Fsp3) is 0.583. The molecule has 0 aromatic carbocycles. The second-order valence-electron chi connectivity index (χ2n) is 4.50. The minimum absolute atomic E-state index is 0.0280. The molecule has 0 spiro atoms. The van der Waals surface area contributed by atoms with Gasteiger partial charge in [0.05, 0.1) is 5.54 Å². The Morgan fingerprint density at radius 1 is 1.50 bits per heavy atom. The van der Waals surface area contributed by atoms with Gasteiger partial charge in [-0.05, 0) is 41.7 Å². The Hall–Kier alpha value is -0.870. The van der Waals surface area contributed by atoms with Crippen LogP contribution >= 0.6 is 11.3 Å². The maximum Gasteiger partial charge on any atom is 0.240 e. The Bertz CT molecular complexity index is 342. The molecule has 88 valence electrons. The van der Waals surface area contributed by atoms with Crippen LogP contribution in [0.3, 0.4) is 0 Å². The molecule has 0 bridgehead atoms. The van der Waals surface area contributed by atoms with Gasteiger partial charge in [-0.15, -0.1) is 0 Å². The monoisotopic (exact) mass is 238 g/mol. The van der Waals surface area contributed by atoms with Crippen LogP contribution in [-0.2, 0) is 11.2 Å². The molecule has 0 radical (unpaired) electrons. The fourth-order valence-electron chi connectivity index (χ4n) is 2.16. The molecule has 1 heterocycles. The summed E-state index contributed by atoms with van der Waals surface area (Å²) in [5.74, 6) is 0.0280. The lowest BCUT2D eigenvalue weighted by Gasteiger charge is -2.22. The summed E-state index contributed by atoms with van der Waals surface area (Å²) < 4.78 is 0. The Morgan fingerprint density at radius 2 is 2.25 bits per heavy atom. The third-order valence-electron chi connectivity index (χ3n) is 3.23. The van der Waals surface area contributed by atoms with Gasteiger partial charge in [0.1, 0.15) is 0 Å². The molecule has 1 aromatic heterocycles. The molecule has 1 saturated carbocycles. The molecule has 16 heavy (non-hydrogen) atoms. The quantitative estimate of drug-likeness (QED) is 0.838. The topological polar surface area (TPSA) is 55.1 Å². The average molecular weight is 238 g/mol. The Morgan fingerprint density at radius 3 is 2.88 bits per heavy atom. The molecule has 0 aliphatic heterocycles. The summed E-state index contributed by atoms with van der Waals surface area (Å²) in [5, 5.41) is 7.11. The van der Waals surface area contributed by atoms with Gasteiger partial charge in [0.25, 0.3) is 0 Å². The van der Waals surface area contributed by atoms with Gasteiger partial charge in [0.2, 0.25) is 5.91 Å². The lowest BCUT2D eigenvalue weighted by atomic mass is 9.98. The standard InChI is InChI=1S/C12H18N2OS/c13-12(5-1-2-6-12)11(15)14-7-3-10-4-8-16-9-10/h4,8-9H,1-3,5-7,13H2,(H,14,15). The molecule has 1 amide bonds. The van der Waals surface area contributed by atoms with Gasteiger partial charge < -0.3 is 11.1 Å². The highest BCUT2D eigenvalue weighted by Gasteiger charge is 2.36. The van der Waals surface area contributed by atoms with Crippen molar-refractivity contribution >= 4 is 17.2 Å². The van der Waals surface area contributed by atoms with Crippen molar-refractivity contribution in [1.82, 2.24) is 5.32 Å².